The van der Waals surface area contributed by atoms with E-state index in [0.717, 1.165) is 11.5 Å². The lowest BCUT2D eigenvalue weighted by Crippen LogP contribution is -2.09. The largest absolute Gasteiger partial charge is 0.468 e. The third kappa shape index (κ3) is 4.68. The molecule has 0 amide bonds. The minimum atomic E-state index is -1.73. The SMILES string of the molecule is COCOc1ccc(P2(=S)SP(=S)(c3ccc(OCOC)cc3)S2)cc1. The zero-order valence-electron chi connectivity index (χ0n) is 14.2. The molecule has 3 rings (SSSR count). The Labute approximate surface area is 171 Å². The molecule has 1 saturated heterocycles. The monoisotopic (exact) mass is 464 g/mol. The normalized spacial score (nSPS) is 24.7. The van der Waals surface area contributed by atoms with Crippen LogP contribution in [0.3, 0.4) is 0 Å². The predicted octanol–water partition coefficient (Wildman–Crippen LogP) is 4.70. The topological polar surface area (TPSA) is 36.9 Å². The Morgan fingerprint density at radius 1 is 0.692 bits per heavy atom. The minimum Gasteiger partial charge on any atom is -0.468 e. The van der Waals surface area contributed by atoms with E-state index in [1.54, 1.807) is 14.2 Å². The van der Waals surface area contributed by atoms with Gasteiger partial charge in [-0.3, -0.25) is 0 Å². The van der Waals surface area contributed by atoms with Crippen molar-refractivity contribution < 1.29 is 18.9 Å². The summed E-state index contributed by atoms with van der Waals surface area (Å²) >= 11 is 15.5. The molecule has 26 heavy (non-hydrogen) atoms. The lowest BCUT2D eigenvalue weighted by atomic mass is 10.3. The lowest BCUT2D eigenvalue weighted by molar-refractivity contribution is 0.0510. The quantitative estimate of drug-likeness (QED) is 0.411. The van der Waals surface area contributed by atoms with E-state index < -0.39 is 8.88 Å². The number of methoxy groups -OCH3 is 2. The second-order valence-electron chi connectivity index (χ2n) is 5.25. The van der Waals surface area contributed by atoms with Crippen molar-refractivity contribution in [3.63, 3.8) is 0 Å². The van der Waals surface area contributed by atoms with Crippen LogP contribution in [-0.4, -0.2) is 27.8 Å². The molecule has 0 bridgehead atoms. The molecule has 1 heterocycles. The Balaban J connectivity index is 1.67. The van der Waals surface area contributed by atoms with Crippen LogP contribution in [0.5, 0.6) is 11.5 Å². The first-order valence-electron chi connectivity index (χ1n) is 7.56. The van der Waals surface area contributed by atoms with E-state index in [4.69, 9.17) is 42.6 Å². The Hall–Kier alpha value is -0.0400. The highest BCUT2D eigenvalue weighted by Crippen LogP contribution is 3.04. The first-order valence-corrected chi connectivity index (χ1v) is 17.2. The van der Waals surface area contributed by atoms with E-state index in [0.29, 0.717) is 0 Å². The Morgan fingerprint density at radius 3 is 1.35 bits per heavy atom. The molecule has 2 aromatic carbocycles. The maximum Gasteiger partial charge on any atom is 0.188 e. The fraction of sp³-hybridized carbons (Fsp3) is 0.250. The summed E-state index contributed by atoms with van der Waals surface area (Å²) in [6.45, 7) is 0.476. The van der Waals surface area contributed by atoms with Crippen molar-refractivity contribution in [1.82, 2.24) is 0 Å². The number of hydrogen-bond donors (Lipinski definition) is 0. The summed E-state index contributed by atoms with van der Waals surface area (Å²) in [4.78, 5) is 0. The summed E-state index contributed by atoms with van der Waals surface area (Å²) < 4.78 is 17.2. The summed E-state index contributed by atoms with van der Waals surface area (Å²) in [6.07, 6.45) is 0. The van der Waals surface area contributed by atoms with Crippen molar-refractivity contribution in [3.8, 4) is 11.5 Å². The molecule has 0 spiro atoms. The molecule has 4 nitrogen and oxygen atoms in total. The van der Waals surface area contributed by atoms with E-state index in [1.807, 2.05) is 70.5 Å². The molecule has 0 unspecified atom stereocenters. The smallest absolute Gasteiger partial charge is 0.188 e. The van der Waals surface area contributed by atoms with Gasteiger partial charge >= 0.3 is 0 Å². The van der Waals surface area contributed by atoms with Crippen LogP contribution in [0, 0.1) is 0 Å². The van der Waals surface area contributed by atoms with E-state index >= 15 is 0 Å². The van der Waals surface area contributed by atoms with Crippen molar-refractivity contribution in [2.45, 2.75) is 0 Å². The summed E-state index contributed by atoms with van der Waals surface area (Å²) in [7, 11) is 3.20. The van der Waals surface area contributed by atoms with Crippen molar-refractivity contribution in [2.75, 3.05) is 27.8 Å². The average molecular weight is 465 g/mol. The average Bonchev–Trinajstić information content (AvgIpc) is 2.64. The van der Waals surface area contributed by atoms with Crippen LogP contribution in [0.25, 0.3) is 0 Å². The van der Waals surface area contributed by atoms with Gasteiger partial charge in [0.15, 0.2) is 13.6 Å². The molecule has 0 aromatic heterocycles. The fourth-order valence-corrected chi connectivity index (χ4v) is 44.5. The second-order valence-corrected chi connectivity index (χ2v) is 26.5. The number of rotatable bonds is 8. The predicted molar refractivity (Wildman–Crippen MR) is 121 cm³/mol. The van der Waals surface area contributed by atoms with E-state index in [2.05, 4.69) is 0 Å². The van der Waals surface area contributed by atoms with Crippen molar-refractivity contribution >= 4 is 65.1 Å². The van der Waals surface area contributed by atoms with Gasteiger partial charge in [0, 0.05) is 24.8 Å². The maximum atomic E-state index is 5.95. The van der Waals surface area contributed by atoms with Crippen LogP contribution < -0.4 is 20.1 Å². The van der Waals surface area contributed by atoms with Gasteiger partial charge < -0.3 is 18.9 Å². The first kappa shape index (κ1) is 20.7. The highest BCUT2D eigenvalue weighted by atomic mass is 33.7. The highest BCUT2D eigenvalue weighted by Gasteiger charge is 2.45. The van der Waals surface area contributed by atoms with E-state index in [9.17, 15) is 0 Å². The molecule has 2 aromatic rings. The minimum absolute atomic E-state index is 0.238. The molecule has 0 radical (unpaired) electrons. The zero-order valence-corrected chi connectivity index (χ0v) is 19.2. The van der Waals surface area contributed by atoms with Crippen LogP contribution in [0.2, 0.25) is 0 Å². The zero-order chi connectivity index (χ0) is 18.6. The molecule has 140 valence electrons. The van der Waals surface area contributed by atoms with Gasteiger partial charge in [0.2, 0.25) is 0 Å². The van der Waals surface area contributed by atoms with E-state index in [-0.39, 0.29) is 13.6 Å². The molecule has 10 heteroatoms. The van der Waals surface area contributed by atoms with Gasteiger partial charge in [0.25, 0.3) is 0 Å². The van der Waals surface area contributed by atoms with Gasteiger partial charge in [-0.2, -0.15) is 0 Å². The van der Waals surface area contributed by atoms with Gasteiger partial charge in [-0.25, -0.2) is 0 Å². The summed E-state index contributed by atoms with van der Waals surface area (Å²) in [6, 6.07) is 15.9. The molecule has 1 fully saturated rings. The molecule has 0 saturated carbocycles. The van der Waals surface area contributed by atoms with Crippen molar-refractivity contribution in [2.24, 2.45) is 0 Å². The number of benzene rings is 2. The standard InChI is InChI=1S/C16H18O4P2S4/c1-17-11-19-13-3-7-15(8-4-13)21(23)25-22(24,26-21)16-9-5-14(6-10-16)20-12-18-2/h3-10H,11-12H2,1-2H3. The van der Waals surface area contributed by atoms with Crippen molar-refractivity contribution in [3.05, 3.63) is 48.5 Å². The maximum absolute atomic E-state index is 5.95. The molecule has 0 N–H and O–H groups in total. The van der Waals surface area contributed by atoms with Gasteiger partial charge in [0.05, 0.1) is 8.88 Å². The molecule has 1 aliphatic rings. The summed E-state index contributed by atoms with van der Waals surface area (Å²) in [5, 5.41) is 2.35. The van der Waals surface area contributed by atoms with E-state index in [1.165, 1.54) is 10.6 Å². The first-order chi connectivity index (χ1) is 12.5. The highest BCUT2D eigenvalue weighted by molar-refractivity contribution is 9.48. The Kier molecular flexibility index (Phi) is 7.14. The third-order valence-electron chi connectivity index (χ3n) is 3.42. The summed E-state index contributed by atoms with van der Waals surface area (Å²) in [5.41, 5.74) is 0. The molecular weight excluding hydrogens is 446 g/mol. The molecule has 1 aliphatic heterocycles. The summed E-state index contributed by atoms with van der Waals surface area (Å²) in [5.74, 6) is 1.55. The molecular formula is C16H18O4P2S4. The number of ether oxygens (including phenoxy) is 4. The van der Waals surface area contributed by atoms with Crippen LogP contribution in [0.15, 0.2) is 48.5 Å². The molecule has 0 aliphatic carbocycles. The number of hydrogen-bond acceptors (Lipinski definition) is 8. The van der Waals surface area contributed by atoms with Crippen LogP contribution in [0.1, 0.15) is 0 Å². The van der Waals surface area contributed by atoms with Crippen LogP contribution >= 0.6 is 30.9 Å². The third-order valence-corrected chi connectivity index (χ3v) is 34.7. The Bertz CT molecular complexity index is 759. The lowest BCUT2D eigenvalue weighted by Gasteiger charge is -2.40. The fourth-order valence-electron chi connectivity index (χ4n) is 2.18. The van der Waals surface area contributed by atoms with Crippen molar-refractivity contribution in [1.29, 1.82) is 0 Å². The Morgan fingerprint density at radius 2 is 1.04 bits per heavy atom. The molecule has 0 atom stereocenters. The van der Waals surface area contributed by atoms with Gasteiger partial charge in [0.1, 0.15) is 11.5 Å². The van der Waals surface area contributed by atoms with Gasteiger partial charge in [-0.05, 0) is 48.5 Å². The van der Waals surface area contributed by atoms with Gasteiger partial charge in [-0.1, -0.05) is 45.6 Å². The van der Waals surface area contributed by atoms with Crippen LogP contribution in [-0.2, 0) is 33.1 Å². The second kappa shape index (κ2) is 8.97. The van der Waals surface area contributed by atoms with Crippen LogP contribution in [0.4, 0.5) is 0 Å². The van der Waals surface area contributed by atoms with Gasteiger partial charge in [-0.15, -0.1) is 0 Å².